The Balaban J connectivity index is 1.31. The highest BCUT2D eigenvalue weighted by molar-refractivity contribution is 5.79. The largest absolute Gasteiger partial charge is 0.355 e. The lowest BCUT2D eigenvalue weighted by molar-refractivity contribution is -0.137. The Morgan fingerprint density at radius 2 is 1.39 bits per heavy atom. The van der Waals surface area contributed by atoms with Gasteiger partial charge in [-0.1, -0.05) is 25.7 Å². The van der Waals surface area contributed by atoms with E-state index < -0.39 is 0 Å². The molecular weight excluding hydrogens is 290 g/mol. The van der Waals surface area contributed by atoms with Gasteiger partial charge in [0.25, 0.3) is 0 Å². The summed E-state index contributed by atoms with van der Waals surface area (Å²) in [5, 5.41) is 3.09. The van der Waals surface area contributed by atoms with E-state index in [1.165, 1.54) is 25.7 Å². The topological polar surface area (TPSA) is 52.7 Å². The van der Waals surface area contributed by atoms with Crippen LogP contribution in [0.5, 0.6) is 0 Å². The Morgan fingerprint density at radius 3 is 2.00 bits per heavy atom. The first-order valence-electron chi connectivity index (χ1n) is 9.53. The fraction of sp³-hybridized carbons (Fsp3) is 0.889. The van der Waals surface area contributed by atoms with E-state index in [0.717, 1.165) is 65.0 Å². The third kappa shape index (κ3) is 4.46. The molecule has 0 spiro atoms. The summed E-state index contributed by atoms with van der Waals surface area (Å²) in [5.74, 6) is 1.19. The minimum Gasteiger partial charge on any atom is -0.355 e. The van der Waals surface area contributed by atoms with Gasteiger partial charge in [0.2, 0.25) is 11.8 Å². The van der Waals surface area contributed by atoms with E-state index >= 15 is 0 Å². The van der Waals surface area contributed by atoms with Crippen LogP contribution < -0.4 is 5.32 Å². The summed E-state index contributed by atoms with van der Waals surface area (Å²) in [6.45, 7) is 5.24. The van der Waals surface area contributed by atoms with Crippen LogP contribution in [0.25, 0.3) is 0 Å². The molecule has 2 saturated carbocycles. The quantitative estimate of drug-likeness (QED) is 0.837. The van der Waals surface area contributed by atoms with E-state index in [1.54, 1.807) is 0 Å². The molecule has 5 nitrogen and oxygen atoms in total. The molecule has 2 aliphatic carbocycles. The third-order valence-electron chi connectivity index (χ3n) is 5.84. The number of nitrogens with one attached hydrogen (secondary N) is 1. The maximum absolute atomic E-state index is 12.4. The molecule has 0 unspecified atom stereocenters. The first kappa shape index (κ1) is 16.7. The SMILES string of the molecule is O=C(NCCN1CCN(C(=O)C2CCCC2)CC1)C1CCCC1. The molecule has 130 valence electrons. The molecule has 3 rings (SSSR count). The second kappa shape index (κ2) is 8.13. The van der Waals surface area contributed by atoms with Gasteiger partial charge in [0.05, 0.1) is 0 Å². The number of amides is 2. The van der Waals surface area contributed by atoms with Crippen LogP contribution in [0.4, 0.5) is 0 Å². The first-order valence-corrected chi connectivity index (χ1v) is 9.53. The molecule has 1 saturated heterocycles. The van der Waals surface area contributed by atoms with Crippen LogP contribution >= 0.6 is 0 Å². The number of hydrogen-bond acceptors (Lipinski definition) is 3. The second-order valence-corrected chi connectivity index (χ2v) is 7.42. The van der Waals surface area contributed by atoms with Crippen LogP contribution in [0.3, 0.4) is 0 Å². The fourth-order valence-corrected chi connectivity index (χ4v) is 4.29. The smallest absolute Gasteiger partial charge is 0.225 e. The zero-order chi connectivity index (χ0) is 16.1. The number of rotatable bonds is 5. The Morgan fingerprint density at radius 1 is 0.826 bits per heavy atom. The summed E-state index contributed by atoms with van der Waals surface area (Å²) in [6.07, 6.45) is 9.15. The van der Waals surface area contributed by atoms with Gasteiger partial charge < -0.3 is 10.2 Å². The molecule has 0 aromatic carbocycles. The zero-order valence-corrected chi connectivity index (χ0v) is 14.3. The minimum atomic E-state index is 0.248. The predicted molar refractivity (Wildman–Crippen MR) is 89.9 cm³/mol. The number of hydrogen-bond donors (Lipinski definition) is 1. The van der Waals surface area contributed by atoms with Gasteiger partial charge in [-0.2, -0.15) is 0 Å². The summed E-state index contributed by atoms with van der Waals surface area (Å²) in [6, 6.07) is 0. The highest BCUT2D eigenvalue weighted by Gasteiger charge is 2.29. The number of carbonyl (C=O) groups is 2. The van der Waals surface area contributed by atoms with Gasteiger partial charge >= 0.3 is 0 Å². The molecule has 0 bridgehead atoms. The molecule has 0 radical (unpaired) electrons. The lowest BCUT2D eigenvalue weighted by atomic mass is 10.1. The van der Waals surface area contributed by atoms with Crippen molar-refractivity contribution in [1.29, 1.82) is 0 Å². The molecule has 0 atom stereocenters. The number of piperazine rings is 1. The molecule has 1 heterocycles. The lowest BCUT2D eigenvalue weighted by Gasteiger charge is -2.36. The van der Waals surface area contributed by atoms with Crippen molar-refractivity contribution in [2.24, 2.45) is 11.8 Å². The summed E-state index contributed by atoms with van der Waals surface area (Å²) < 4.78 is 0. The number of carbonyl (C=O) groups excluding carboxylic acids is 2. The van der Waals surface area contributed by atoms with Gasteiger partial charge in [0, 0.05) is 51.1 Å². The molecule has 5 heteroatoms. The van der Waals surface area contributed by atoms with Crippen LogP contribution in [0.1, 0.15) is 51.4 Å². The van der Waals surface area contributed by atoms with Crippen LogP contribution in [0.2, 0.25) is 0 Å². The van der Waals surface area contributed by atoms with Crippen molar-refractivity contribution >= 4 is 11.8 Å². The van der Waals surface area contributed by atoms with E-state index in [0.29, 0.717) is 11.8 Å². The zero-order valence-electron chi connectivity index (χ0n) is 14.3. The van der Waals surface area contributed by atoms with Gasteiger partial charge in [-0.15, -0.1) is 0 Å². The van der Waals surface area contributed by atoms with E-state index in [4.69, 9.17) is 0 Å². The van der Waals surface area contributed by atoms with Crippen molar-refractivity contribution in [2.75, 3.05) is 39.3 Å². The Labute approximate surface area is 139 Å². The van der Waals surface area contributed by atoms with Gasteiger partial charge in [-0.3, -0.25) is 14.5 Å². The van der Waals surface area contributed by atoms with Crippen molar-refractivity contribution in [1.82, 2.24) is 15.1 Å². The number of nitrogens with zero attached hydrogens (tertiary/aromatic N) is 2. The summed E-state index contributed by atoms with van der Waals surface area (Å²) in [4.78, 5) is 28.8. The molecule has 1 aliphatic heterocycles. The predicted octanol–water partition coefficient (Wildman–Crippen LogP) is 1.63. The normalized spacial score (nSPS) is 24.3. The molecule has 23 heavy (non-hydrogen) atoms. The van der Waals surface area contributed by atoms with Gasteiger partial charge in [-0.05, 0) is 25.7 Å². The van der Waals surface area contributed by atoms with Crippen LogP contribution in [0.15, 0.2) is 0 Å². The molecule has 1 N–H and O–H groups in total. The van der Waals surface area contributed by atoms with Crippen LogP contribution in [0, 0.1) is 11.8 Å². The Hall–Kier alpha value is -1.10. The average Bonchev–Trinajstić information content (AvgIpc) is 3.28. The minimum absolute atomic E-state index is 0.248. The van der Waals surface area contributed by atoms with E-state index in [-0.39, 0.29) is 11.8 Å². The molecule has 3 fully saturated rings. The standard InChI is InChI=1S/C18H31N3O2/c22-17(15-5-1-2-6-15)19-9-10-20-11-13-21(14-12-20)18(23)16-7-3-4-8-16/h15-16H,1-14H2,(H,19,22). The van der Waals surface area contributed by atoms with Crippen molar-refractivity contribution in [3.63, 3.8) is 0 Å². The van der Waals surface area contributed by atoms with Gasteiger partial charge in [0.15, 0.2) is 0 Å². The second-order valence-electron chi connectivity index (χ2n) is 7.42. The van der Waals surface area contributed by atoms with Crippen LogP contribution in [-0.4, -0.2) is 60.9 Å². The molecule has 0 aromatic rings. The summed E-state index contributed by atoms with van der Waals surface area (Å²) in [5.41, 5.74) is 0. The average molecular weight is 321 g/mol. The molecular formula is C18H31N3O2. The molecule has 0 aromatic heterocycles. The maximum atomic E-state index is 12.4. The van der Waals surface area contributed by atoms with E-state index in [9.17, 15) is 9.59 Å². The maximum Gasteiger partial charge on any atom is 0.225 e. The summed E-state index contributed by atoms with van der Waals surface area (Å²) in [7, 11) is 0. The molecule has 2 amide bonds. The highest BCUT2D eigenvalue weighted by Crippen LogP contribution is 2.27. The van der Waals surface area contributed by atoms with E-state index in [1.807, 2.05) is 0 Å². The Kier molecular flexibility index (Phi) is 5.92. The van der Waals surface area contributed by atoms with Crippen molar-refractivity contribution in [3.8, 4) is 0 Å². The molecule has 3 aliphatic rings. The van der Waals surface area contributed by atoms with Crippen molar-refractivity contribution in [2.45, 2.75) is 51.4 Å². The lowest BCUT2D eigenvalue weighted by Crippen LogP contribution is -2.51. The third-order valence-corrected chi connectivity index (χ3v) is 5.84. The van der Waals surface area contributed by atoms with Crippen LogP contribution in [-0.2, 0) is 9.59 Å². The summed E-state index contributed by atoms with van der Waals surface area (Å²) >= 11 is 0. The highest BCUT2D eigenvalue weighted by atomic mass is 16.2. The van der Waals surface area contributed by atoms with Crippen molar-refractivity contribution < 1.29 is 9.59 Å². The first-order chi connectivity index (χ1) is 11.2. The van der Waals surface area contributed by atoms with Crippen molar-refractivity contribution in [3.05, 3.63) is 0 Å². The fourth-order valence-electron chi connectivity index (χ4n) is 4.29. The monoisotopic (exact) mass is 321 g/mol. The van der Waals surface area contributed by atoms with Gasteiger partial charge in [-0.25, -0.2) is 0 Å². The van der Waals surface area contributed by atoms with E-state index in [2.05, 4.69) is 15.1 Å². The van der Waals surface area contributed by atoms with Gasteiger partial charge in [0.1, 0.15) is 0 Å². The Bertz CT molecular complexity index is 404.